The average molecular weight is 257 g/mol. The lowest BCUT2D eigenvalue weighted by molar-refractivity contribution is -0.153. The fraction of sp³-hybridized carbons (Fsp3) is 0.692. The summed E-state index contributed by atoms with van der Waals surface area (Å²) < 4.78 is 10.2. The summed E-state index contributed by atoms with van der Waals surface area (Å²) in [4.78, 5) is 11.2. The minimum absolute atomic E-state index is 0.301. The van der Waals surface area contributed by atoms with E-state index in [4.69, 9.17) is 9.47 Å². The summed E-state index contributed by atoms with van der Waals surface area (Å²) in [6, 6.07) is 0. The molecule has 4 atom stereocenters. The predicted molar refractivity (Wildman–Crippen MR) is 65.6 cm³/mol. The molecule has 0 aliphatic carbocycles. The maximum absolute atomic E-state index is 11.2. The first kappa shape index (κ1) is 15.1. The van der Waals surface area contributed by atoms with E-state index >= 15 is 0 Å². The first-order valence-electron chi connectivity index (χ1n) is 6.10. The van der Waals surface area contributed by atoms with Crippen molar-refractivity contribution in [3.63, 3.8) is 0 Å². The van der Waals surface area contributed by atoms with Gasteiger partial charge in [-0.05, 0) is 27.2 Å². The number of rotatable bonds is 4. The van der Waals surface area contributed by atoms with Crippen LogP contribution in [0.4, 0.5) is 0 Å². The number of aliphatic hydroxyl groups is 2. The molecule has 0 spiro atoms. The lowest BCUT2D eigenvalue weighted by Crippen LogP contribution is -2.49. The molecule has 1 heterocycles. The van der Waals surface area contributed by atoms with E-state index in [1.807, 2.05) is 0 Å². The maximum Gasteiger partial charge on any atom is 0.330 e. The van der Waals surface area contributed by atoms with Gasteiger partial charge in [-0.1, -0.05) is 5.57 Å². The van der Waals surface area contributed by atoms with E-state index in [9.17, 15) is 15.0 Å². The average Bonchev–Trinajstić information content (AvgIpc) is 2.30. The normalized spacial score (nSPS) is 33.3. The van der Waals surface area contributed by atoms with Crippen molar-refractivity contribution in [2.75, 3.05) is 13.2 Å². The van der Waals surface area contributed by atoms with E-state index in [-0.39, 0.29) is 5.92 Å². The fourth-order valence-corrected chi connectivity index (χ4v) is 1.88. The molecular weight excluding hydrogens is 236 g/mol. The van der Waals surface area contributed by atoms with E-state index < -0.39 is 24.3 Å². The van der Waals surface area contributed by atoms with Crippen LogP contribution in [0.2, 0.25) is 0 Å². The Labute approximate surface area is 107 Å². The Morgan fingerprint density at radius 3 is 2.78 bits per heavy atom. The zero-order chi connectivity index (χ0) is 13.7. The summed E-state index contributed by atoms with van der Waals surface area (Å²) >= 11 is 0. The second-order valence-electron chi connectivity index (χ2n) is 4.56. The van der Waals surface area contributed by atoms with Gasteiger partial charge in [-0.3, -0.25) is 0 Å². The van der Waals surface area contributed by atoms with Crippen LogP contribution >= 0.6 is 0 Å². The van der Waals surface area contributed by atoms with Crippen molar-refractivity contribution in [1.82, 2.24) is 0 Å². The highest BCUT2D eigenvalue weighted by Gasteiger charge is 2.36. The van der Waals surface area contributed by atoms with Crippen LogP contribution in [-0.2, 0) is 14.3 Å². The van der Waals surface area contributed by atoms with Crippen LogP contribution in [0.5, 0.6) is 0 Å². The molecule has 0 unspecified atom stereocenters. The first-order chi connectivity index (χ1) is 8.45. The number of hydrogen-bond donors (Lipinski definition) is 2. The number of carbonyl (C=O) groups is 1. The van der Waals surface area contributed by atoms with E-state index in [0.717, 1.165) is 5.57 Å². The smallest absolute Gasteiger partial charge is 0.330 e. The lowest BCUT2D eigenvalue weighted by Gasteiger charge is -2.36. The lowest BCUT2D eigenvalue weighted by atomic mass is 9.91. The second kappa shape index (κ2) is 6.87. The largest absolute Gasteiger partial charge is 0.463 e. The van der Waals surface area contributed by atoms with E-state index in [1.165, 1.54) is 6.08 Å². The summed E-state index contributed by atoms with van der Waals surface area (Å²) in [6.07, 6.45) is -0.624. The number of aliphatic hydroxyl groups excluding tert-OH is 2. The Hall–Kier alpha value is -0.910. The third-order valence-corrected chi connectivity index (χ3v) is 2.91. The number of hydrogen-bond acceptors (Lipinski definition) is 5. The fourth-order valence-electron chi connectivity index (χ4n) is 1.88. The Balaban J connectivity index is 2.54. The van der Waals surface area contributed by atoms with Gasteiger partial charge in [0.25, 0.3) is 0 Å². The van der Waals surface area contributed by atoms with E-state index in [2.05, 4.69) is 6.92 Å². The van der Waals surface area contributed by atoms with Crippen molar-refractivity contribution in [2.24, 2.45) is 5.92 Å². The van der Waals surface area contributed by atoms with Gasteiger partial charge in [0.05, 0.1) is 25.4 Å². The molecule has 1 radical (unpaired) electrons. The third-order valence-electron chi connectivity index (χ3n) is 2.91. The molecule has 18 heavy (non-hydrogen) atoms. The van der Waals surface area contributed by atoms with Crippen molar-refractivity contribution in [3.05, 3.63) is 18.6 Å². The van der Waals surface area contributed by atoms with Crippen molar-refractivity contribution >= 4 is 5.97 Å². The van der Waals surface area contributed by atoms with Crippen LogP contribution in [0.1, 0.15) is 20.3 Å². The monoisotopic (exact) mass is 257 g/mol. The molecule has 0 aromatic rings. The maximum atomic E-state index is 11.2. The molecule has 1 saturated heterocycles. The molecule has 0 bridgehead atoms. The van der Waals surface area contributed by atoms with Gasteiger partial charge in [0.2, 0.25) is 0 Å². The molecule has 1 aliphatic heterocycles. The van der Waals surface area contributed by atoms with Crippen LogP contribution in [-0.4, -0.2) is 47.7 Å². The second-order valence-corrected chi connectivity index (χ2v) is 4.56. The zero-order valence-electron chi connectivity index (χ0n) is 10.8. The van der Waals surface area contributed by atoms with Crippen LogP contribution < -0.4 is 0 Å². The molecule has 2 N–H and O–H groups in total. The molecule has 0 amide bonds. The van der Waals surface area contributed by atoms with Gasteiger partial charge in [-0.25, -0.2) is 4.79 Å². The summed E-state index contributed by atoms with van der Waals surface area (Å²) in [5, 5.41) is 19.5. The quantitative estimate of drug-likeness (QED) is 0.565. The SMILES string of the molecule is [CH2][C@@H]1CO[C@@H](C/C(C)=C/C(=O)OCC)[C@H](O)[C@@H]1O. The van der Waals surface area contributed by atoms with Crippen LogP contribution in [0.15, 0.2) is 11.6 Å². The summed E-state index contributed by atoms with van der Waals surface area (Å²) in [7, 11) is 0. The molecule has 5 nitrogen and oxygen atoms in total. The first-order valence-corrected chi connectivity index (χ1v) is 6.10. The Morgan fingerprint density at radius 1 is 1.50 bits per heavy atom. The standard InChI is InChI=1S/C13H21O5/c1-4-17-11(14)6-8(2)5-10-13(16)12(15)9(3)7-18-10/h6,9-10,12-13,15-16H,3-5,7H2,1-2H3/b8-6+/t9-,10+,12-,13+/m1/s1. The predicted octanol–water partition coefficient (Wildman–Crippen LogP) is 0.457. The van der Waals surface area contributed by atoms with Crippen molar-refractivity contribution in [2.45, 2.75) is 38.6 Å². The van der Waals surface area contributed by atoms with Gasteiger partial charge >= 0.3 is 5.97 Å². The number of ether oxygens (including phenoxy) is 2. The van der Waals surface area contributed by atoms with Crippen molar-refractivity contribution < 1.29 is 24.5 Å². The molecule has 5 heteroatoms. The molecule has 1 fully saturated rings. The molecule has 103 valence electrons. The van der Waals surface area contributed by atoms with Crippen molar-refractivity contribution in [1.29, 1.82) is 0 Å². The van der Waals surface area contributed by atoms with Gasteiger partial charge in [0.15, 0.2) is 0 Å². The molecule has 0 aromatic carbocycles. The van der Waals surface area contributed by atoms with Crippen molar-refractivity contribution in [3.8, 4) is 0 Å². The molecular formula is C13H21O5. The van der Waals surface area contributed by atoms with Gasteiger partial charge in [0.1, 0.15) is 6.10 Å². The van der Waals surface area contributed by atoms with Crippen LogP contribution in [0.25, 0.3) is 0 Å². The minimum atomic E-state index is -0.980. The van der Waals surface area contributed by atoms with E-state index in [0.29, 0.717) is 19.6 Å². The van der Waals surface area contributed by atoms with Crippen LogP contribution in [0, 0.1) is 12.8 Å². The van der Waals surface area contributed by atoms with Crippen LogP contribution in [0.3, 0.4) is 0 Å². The molecule has 0 aromatic heterocycles. The highest BCUT2D eigenvalue weighted by molar-refractivity contribution is 5.82. The minimum Gasteiger partial charge on any atom is -0.463 e. The summed E-state index contributed by atoms with van der Waals surface area (Å²) in [5.74, 6) is -0.735. The third kappa shape index (κ3) is 4.08. The zero-order valence-corrected chi connectivity index (χ0v) is 10.8. The topological polar surface area (TPSA) is 76.0 Å². The van der Waals surface area contributed by atoms with Gasteiger partial charge in [-0.15, -0.1) is 0 Å². The Morgan fingerprint density at radius 2 is 2.17 bits per heavy atom. The van der Waals surface area contributed by atoms with Gasteiger partial charge in [0, 0.05) is 12.0 Å². The molecule has 1 aliphatic rings. The summed E-state index contributed by atoms with van der Waals surface area (Å²) in [5.41, 5.74) is 0.743. The number of esters is 1. The van der Waals surface area contributed by atoms with Gasteiger partial charge in [-0.2, -0.15) is 0 Å². The number of carbonyl (C=O) groups excluding carboxylic acids is 1. The highest BCUT2D eigenvalue weighted by Crippen LogP contribution is 2.24. The van der Waals surface area contributed by atoms with E-state index in [1.54, 1.807) is 13.8 Å². The Kier molecular flexibility index (Phi) is 5.78. The summed E-state index contributed by atoms with van der Waals surface area (Å²) in [6.45, 7) is 7.81. The molecule has 1 rings (SSSR count). The molecule has 0 saturated carbocycles. The van der Waals surface area contributed by atoms with Gasteiger partial charge < -0.3 is 19.7 Å². The Bertz CT molecular complexity index is 313. The highest BCUT2D eigenvalue weighted by atomic mass is 16.5.